The molecule has 1 amide bonds. The Morgan fingerprint density at radius 1 is 1.28 bits per heavy atom. The van der Waals surface area contributed by atoms with E-state index in [0.29, 0.717) is 22.8 Å². The molecule has 2 aromatic rings. The van der Waals surface area contributed by atoms with Gasteiger partial charge in [0.25, 0.3) is 5.91 Å². The van der Waals surface area contributed by atoms with Crippen LogP contribution in [0.2, 0.25) is 5.02 Å². The molecule has 2 unspecified atom stereocenters. The van der Waals surface area contributed by atoms with Gasteiger partial charge in [-0.2, -0.15) is 0 Å². The van der Waals surface area contributed by atoms with Crippen molar-refractivity contribution in [2.75, 3.05) is 6.54 Å². The van der Waals surface area contributed by atoms with Gasteiger partial charge in [-0.3, -0.25) is 9.59 Å². The summed E-state index contributed by atoms with van der Waals surface area (Å²) in [6.07, 6.45) is -0.265. The second-order valence-corrected chi connectivity index (χ2v) is 6.72. The molecule has 0 saturated carbocycles. The first-order valence-electron chi connectivity index (χ1n) is 7.92. The summed E-state index contributed by atoms with van der Waals surface area (Å²) in [6.45, 7) is 1.57. The highest BCUT2D eigenvalue weighted by atomic mass is 35.5. The largest absolute Gasteiger partial charge is 0.481 e. The van der Waals surface area contributed by atoms with E-state index in [9.17, 15) is 14.7 Å². The number of halogens is 1. The van der Waals surface area contributed by atoms with Crippen molar-refractivity contribution in [1.82, 2.24) is 5.32 Å². The van der Waals surface area contributed by atoms with E-state index in [-0.39, 0.29) is 12.5 Å². The van der Waals surface area contributed by atoms with Crippen LogP contribution in [0.15, 0.2) is 48.5 Å². The topological polar surface area (TPSA) is 75.6 Å². The van der Waals surface area contributed by atoms with Crippen LogP contribution in [0.3, 0.4) is 0 Å². The Hall–Kier alpha value is -2.53. The molecule has 6 heteroatoms. The molecule has 5 nitrogen and oxygen atoms in total. The molecule has 0 fully saturated rings. The average Bonchev–Trinajstić information content (AvgIpc) is 3.03. The van der Waals surface area contributed by atoms with Gasteiger partial charge < -0.3 is 15.2 Å². The van der Waals surface area contributed by atoms with Gasteiger partial charge in [-0.1, -0.05) is 41.9 Å². The van der Waals surface area contributed by atoms with Crippen LogP contribution in [0.4, 0.5) is 0 Å². The number of ether oxygens (including phenoxy) is 1. The maximum atomic E-state index is 12.4. The van der Waals surface area contributed by atoms with Gasteiger partial charge >= 0.3 is 5.97 Å². The molecule has 3 rings (SSSR count). The normalized spacial score (nSPS) is 17.9. The molecular weight excluding hydrogens is 342 g/mol. The van der Waals surface area contributed by atoms with E-state index in [2.05, 4.69) is 5.32 Å². The number of carboxylic acids is 1. The van der Waals surface area contributed by atoms with Crippen molar-refractivity contribution < 1.29 is 19.4 Å². The monoisotopic (exact) mass is 359 g/mol. The molecule has 0 bridgehead atoms. The molecule has 0 spiro atoms. The molecule has 0 aromatic heterocycles. The quantitative estimate of drug-likeness (QED) is 0.860. The van der Waals surface area contributed by atoms with Crippen LogP contribution in [0.5, 0.6) is 5.75 Å². The van der Waals surface area contributed by atoms with Crippen molar-refractivity contribution >= 4 is 23.5 Å². The minimum absolute atomic E-state index is 0.0257. The van der Waals surface area contributed by atoms with Gasteiger partial charge in [0.15, 0.2) is 6.10 Å². The number of rotatable bonds is 5. The molecular formula is C19H18ClNO4. The maximum absolute atomic E-state index is 12.4. The van der Waals surface area contributed by atoms with Crippen molar-refractivity contribution in [1.29, 1.82) is 0 Å². The van der Waals surface area contributed by atoms with Crippen LogP contribution < -0.4 is 10.1 Å². The number of hydrogen-bond acceptors (Lipinski definition) is 3. The Labute approximate surface area is 150 Å². The van der Waals surface area contributed by atoms with Crippen LogP contribution in [-0.4, -0.2) is 29.6 Å². The number of nitrogens with one attached hydrogen (secondary N) is 1. The first kappa shape index (κ1) is 17.3. The lowest BCUT2D eigenvalue weighted by Gasteiger charge is -2.26. The number of carbonyl (C=O) groups is 2. The molecule has 2 aromatic carbocycles. The van der Waals surface area contributed by atoms with E-state index in [0.717, 1.165) is 5.56 Å². The highest BCUT2D eigenvalue weighted by molar-refractivity contribution is 6.30. The van der Waals surface area contributed by atoms with E-state index in [4.69, 9.17) is 16.3 Å². The molecule has 25 heavy (non-hydrogen) atoms. The molecule has 1 aliphatic heterocycles. The summed E-state index contributed by atoms with van der Waals surface area (Å²) in [5, 5.41) is 12.9. The number of amides is 1. The van der Waals surface area contributed by atoms with Crippen molar-refractivity contribution in [2.24, 2.45) is 0 Å². The fourth-order valence-electron chi connectivity index (χ4n) is 2.85. The second-order valence-electron chi connectivity index (χ2n) is 6.28. The number of aliphatic carboxylic acids is 1. The van der Waals surface area contributed by atoms with Crippen molar-refractivity contribution in [3.05, 3.63) is 64.7 Å². The van der Waals surface area contributed by atoms with Gasteiger partial charge in [-0.05, 0) is 36.2 Å². The highest BCUT2D eigenvalue weighted by Gasteiger charge is 2.37. The number of hydrogen-bond donors (Lipinski definition) is 2. The summed E-state index contributed by atoms with van der Waals surface area (Å²) in [5.74, 6) is -0.703. The van der Waals surface area contributed by atoms with E-state index in [1.165, 1.54) is 0 Å². The highest BCUT2D eigenvalue weighted by Crippen LogP contribution is 2.31. The lowest BCUT2D eigenvalue weighted by atomic mass is 9.82. The van der Waals surface area contributed by atoms with Crippen molar-refractivity contribution in [3.63, 3.8) is 0 Å². The summed E-state index contributed by atoms with van der Waals surface area (Å²) in [6, 6.07) is 14.1. The standard InChI is InChI=1S/C19H18ClNO4/c1-19(18(23)24,13-5-3-2-4-6-13)11-21-17(22)16-10-12-9-14(20)7-8-15(12)25-16/h2-9,16H,10-11H2,1H3,(H,21,22)(H,23,24). The molecule has 0 radical (unpaired) electrons. The third kappa shape index (κ3) is 3.46. The van der Waals surface area contributed by atoms with Gasteiger partial charge in [0.1, 0.15) is 11.2 Å². The van der Waals surface area contributed by atoms with Gasteiger partial charge in [-0.15, -0.1) is 0 Å². The van der Waals surface area contributed by atoms with Crippen LogP contribution in [-0.2, 0) is 21.4 Å². The summed E-state index contributed by atoms with van der Waals surface area (Å²) >= 11 is 5.95. The third-order valence-electron chi connectivity index (χ3n) is 4.49. The van der Waals surface area contributed by atoms with Gasteiger partial charge in [-0.25, -0.2) is 0 Å². The molecule has 0 saturated heterocycles. The Bertz CT molecular complexity index is 808. The zero-order valence-electron chi connectivity index (χ0n) is 13.7. The average molecular weight is 360 g/mol. The van der Waals surface area contributed by atoms with Crippen molar-refractivity contribution in [3.8, 4) is 5.75 Å². The Balaban J connectivity index is 1.68. The molecule has 2 atom stereocenters. The number of carbonyl (C=O) groups excluding carboxylic acids is 1. The first-order chi connectivity index (χ1) is 11.9. The summed E-state index contributed by atoms with van der Waals surface area (Å²) in [4.78, 5) is 24.2. The molecule has 0 aliphatic carbocycles. The van der Waals surface area contributed by atoms with E-state index >= 15 is 0 Å². The van der Waals surface area contributed by atoms with Gasteiger partial charge in [0, 0.05) is 18.0 Å². The minimum Gasteiger partial charge on any atom is -0.481 e. The Morgan fingerprint density at radius 3 is 2.68 bits per heavy atom. The van der Waals surface area contributed by atoms with Gasteiger partial charge in [0.05, 0.1) is 0 Å². The smallest absolute Gasteiger partial charge is 0.315 e. The molecule has 130 valence electrons. The fourth-order valence-corrected chi connectivity index (χ4v) is 3.04. The lowest BCUT2D eigenvalue weighted by molar-refractivity contribution is -0.143. The second kappa shape index (κ2) is 6.76. The minimum atomic E-state index is -1.22. The Morgan fingerprint density at radius 2 is 2.00 bits per heavy atom. The zero-order valence-corrected chi connectivity index (χ0v) is 14.4. The van der Waals surface area contributed by atoms with Gasteiger partial charge in [0.2, 0.25) is 0 Å². The Kier molecular flexibility index (Phi) is 4.68. The summed E-state index contributed by atoms with van der Waals surface area (Å²) in [7, 11) is 0. The predicted octanol–water partition coefficient (Wildman–Crippen LogP) is 2.80. The summed E-state index contributed by atoms with van der Waals surface area (Å²) in [5.41, 5.74) is 0.285. The van der Waals surface area contributed by atoms with E-state index in [1.807, 2.05) is 6.07 Å². The number of benzene rings is 2. The van der Waals surface area contributed by atoms with Crippen LogP contribution in [0, 0.1) is 0 Å². The molecule has 1 heterocycles. The van der Waals surface area contributed by atoms with Crippen LogP contribution in [0.25, 0.3) is 0 Å². The van der Waals surface area contributed by atoms with Crippen LogP contribution in [0.1, 0.15) is 18.1 Å². The zero-order chi connectivity index (χ0) is 18.0. The lowest BCUT2D eigenvalue weighted by Crippen LogP contribution is -2.47. The summed E-state index contributed by atoms with van der Waals surface area (Å²) < 4.78 is 5.64. The van der Waals surface area contributed by atoms with Crippen molar-refractivity contribution in [2.45, 2.75) is 24.9 Å². The SMILES string of the molecule is CC(CNC(=O)C1Cc2cc(Cl)ccc2O1)(C(=O)O)c1ccccc1. The number of fused-ring (bicyclic) bond motifs is 1. The molecule has 2 N–H and O–H groups in total. The maximum Gasteiger partial charge on any atom is 0.315 e. The first-order valence-corrected chi connectivity index (χ1v) is 8.29. The van der Waals surface area contributed by atoms with E-state index in [1.54, 1.807) is 49.4 Å². The van der Waals surface area contributed by atoms with Crippen LogP contribution >= 0.6 is 11.6 Å². The fraction of sp³-hybridized carbons (Fsp3) is 0.263. The molecule has 1 aliphatic rings. The number of carboxylic acid groups (broad SMARTS) is 1. The third-order valence-corrected chi connectivity index (χ3v) is 4.72. The predicted molar refractivity (Wildman–Crippen MR) is 94.0 cm³/mol. The van der Waals surface area contributed by atoms with E-state index < -0.39 is 17.5 Å².